The second-order valence-corrected chi connectivity index (χ2v) is 5.64. The molecule has 0 aliphatic heterocycles. The summed E-state index contributed by atoms with van der Waals surface area (Å²) >= 11 is 1.61. The van der Waals surface area contributed by atoms with Crippen molar-refractivity contribution in [1.29, 1.82) is 0 Å². The smallest absolute Gasteiger partial charge is 0.258 e. The van der Waals surface area contributed by atoms with Crippen molar-refractivity contribution < 1.29 is 0 Å². The first-order valence-electron chi connectivity index (χ1n) is 6.62. The van der Waals surface area contributed by atoms with Crippen LogP contribution in [0.1, 0.15) is 10.4 Å². The van der Waals surface area contributed by atoms with Crippen LogP contribution in [-0.2, 0) is 6.54 Å². The summed E-state index contributed by atoms with van der Waals surface area (Å²) in [5.41, 5.74) is 6.35. The van der Waals surface area contributed by atoms with Gasteiger partial charge in [0.05, 0.1) is 13.1 Å². The minimum absolute atomic E-state index is 0.0380. The molecule has 0 saturated heterocycles. The average Bonchev–Trinajstić information content (AvgIpc) is 2.96. The van der Waals surface area contributed by atoms with Gasteiger partial charge in [-0.3, -0.25) is 4.79 Å². The molecule has 0 bridgehead atoms. The number of hydrogen-bond donors (Lipinski definition) is 1. The molecule has 2 heterocycles. The molecule has 0 atom stereocenters. The van der Waals surface area contributed by atoms with Gasteiger partial charge in [0, 0.05) is 27.4 Å². The summed E-state index contributed by atoms with van der Waals surface area (Å²) in [4.78, 5) is 13.5. The van der Waals surface area contributed by atoms with E-state index in [1.54, 1.807) is 15.9 Å². The largest absolute Gasteiger partial charge is 0.320 e. The molecule has 0 unspecified atom stereocenters. The molecule has 0 aliphatic rings. The maximum Gasteiger partial charge on any atom is 0.258 e. The number of nitrogens with two attached hydrogens (primary N) is 1. The molecule has 0 spiro atoms. The Hall–Kier alpha value is -2.35. The van der Waals surface area contributed by atoms with Crippen LogP contribution in [0.3, 0.4) is 0 Å². The lowest BCUT2D eigenvalue weighted by atomic mass is 10.2. The zero-order valence-electron chi connectivity index (χ0n) is 11.4. The maximum absolute atomic E-state index is 12.4. The van der Waals surface area contributed by atoms with Gasteiger partial charge in [-0.2, -0.15) is 0 Å². The van der Waals surface area contributed by atoms with Gasteiger partial charge >= 0.3 is 0 Å². The topological polar surface area (TPSA) is 48.0 Å². The molecule has 0 fully saturated rings. The zero-order valence-corrected chi connectivity index (χ0v) is 12.2. The van der Waals surface area contributed by atoms with E-state index < -0.39 is 0 Å². The number of thiophene rings is 1. The minimum Gasteiger partial charge on any atom is -0.320 e. The highest BCUT2D eigenvalue weighted by Crippen LogP contribution is 2.15. The van der Waals surface area contributed by atoms with E-state index >= 15 is 0 Å². The molecular formula is C17H14N2OS. The molecule has 2 N–H and O–H groups in total. The number of rotatable bonds is 2. The van der Waals surface area contributed by atoms with Crippen LogP contribution in [0.5, 0.6) is 0 Å². The van der Waals surface area contributed by atoms with E-state index in [1.165, 1.54) is 0 Å². The number of benzene rings is 1. The number of hydrogen-bond acceptors (Lipinski definition) is 3. The van der Waals surface area contributed by atoms with Crippen molar-refractivity contribution in [3.05, 3.63) is 68.8 Å². The number of aromatic nitrogens is 1. The molecule has 21 heavy (non-hydrogen) atoms. The molecule has 104 valence electrons. The Morgan fingerprint density at radius 1 is 1.24 bits per heavy atom. The second kappa shape index (κ2) is 5.96. The third kappa shape index (κ3) is 2.89. The minimum atomic E-state index is 0.0380. The normalized spacial score (nSPS) is 10.3. The Morgan fingerprint density at radius 2 is 2.10 bits per heavy atom. The van der Waals surface area contributed by atoms with Gasteiger partial charge in [-0.1, -0.05) is 30.0 Å². The highest BCUT2D eigenvalue weighted by molar-refractivity contribution is 7.10. The van der Waals surface area contributed by atoms with Gasteiger partial charge in [-0.25, -0.2) is 0 Å². The molecular weight excluding hydrogens is 280 g/mol. The van der Waals surface area contributed by atoms with E-state index in [2.05, 4.69) is 11.8 Å². The molecule has 3 rings (SSSR count). The summed E-state index contributed by atoms with van der Waals surface area (Å²) in [6.45, 7) is 0.925. The van der Waals surface area contributed by atoms with Gasteiger partial charge in [-0.15, -0.1) is 11.3 Å². The fraction of sp³-hybridized carbons (Fsp3) is 0.118. The van der Waals surface area contributed by atoms with E-state index in [0.29, 0.717) is 13.1 Å². The Kier molecular flexibility index (Phi) is 3.87. The third-order valence-electron chi connectivity index (χ3n) is 3.20. The highest BCUT2D eigenvalue weighted by atomic mass is 32.1. The van der Waals surface area contributed by atoms with Gasteiger partial charge in [0.1, 0.15) is 0 Å². The Balaban J connectivity index is 1.93. The van der Waals surface area contributed by atoms with Crippen molar-refractivity contribution in [2.45, 2.75) is 6.54 Å². The number of fused-ring (bicyclic) bond motifs is 1. The van der Waals surface area contributed by atoms with Crippen molar-refractivity contribution in [2.24, 2.45) is 5.73 Å². The van der Waals surface area contributed by atoms with Crippen molar-refractivity contribution in [1.82, 2.24) is 4.57 Å². The van der Waals surface area contributed by atoms with E-state index in [1.807, 2.05) is 48.0 Å². The second-order valence-electron chi connectivity index (χ2n) is 4.64. The first kappa shape index (κ1) is 13.6. The van der Waals surface area contributed by atoms with Gasteiger partial charge in [0.25, 0.3) is 5.56 Å². The molecule has 1 aromatic carbocycles. The van der Waals surface area contributed by atoms with Crippen LogP contribution in [-0.4, -0.2) is 11.1 Å². The maximum atomic E-state index is 12.4. The van der Waals surface area contributed by atoms with Crippen molar-refractivity contribution in [3.63, 3.8) is 0 Å². The lowest BCUT2D eigenvalue weighted by Crippen LogP contribution is -2.19. The van der Waals surface area contributed by atoms with Crippen LogP contribution in [0.2, 0.25) is 0 Å². The SMILES string of the molecule is NCC#Cc1csc(Cn2ccc3ccccc3c2=O)c1. The number of pyridine rings is 1. The third-order valence-corrected chi connectivity index (χ3v) is 4.12. The zero-order chi connectivity index (χ0) is 14.7. The summed E-state index contributed by atoms with van der Waals surface area (Å²) in [5.74, 6) is 5.84. The van der Waals surface area contributed by atoms with Crippen LogP contribution in [0, 0.1) is 11.8 Å². The monoisotopic (exact) mass is 294 g/mol. The Bertz CT molecular complexity index is 896. The summed E-state index contributed by atoms with van der Waals surface area (Å²) in [6.07, 6.45) is 1.84. The fourth-order valence-electron chi connectivity index (χ4n) is 2.20. The number of nitrogens with zero attached hydrogens (tertiary/aromatic N) is 1. The summed E-state index contributed by atoms with van der Waals surface area (Å²) in [5, 5.41) is 3.71. The quantitative estimate of drug-likeness (QED) is 0.738. The first-order valence-corrected chi connectivity index (χ1v) is 7.50. The van der Waals surface area contributed by atoms with Crippen molar-refractivity contribution in [3.8, 4) is 11.8 Å². The van der Waals surface area contributed by atoms with Crippen LogP contribution < -0.4 is 11.3 Å². The van der Waals surface area contributed by atoms with Gasteiger partial charge < -0.3 is 10.3 Å². The van der Waals surface area contributed by atoms with E-state index in [-0.39, 0.29) is 5.56 Å². The lowest BCUT2D eigenvalue weighted by Gasteiger charge is -2.05. The first-order chi connectivity index (χ1) is 10.3. The molecule has 4 heteroatoms. The van der Waals surface area contributed by atoms with Crippen molar-refractivity contribution in [2.75, 3.05) is 6.54 Å². The molecule has 2 aromatic heterocycles. The predicted octanol–water partition coefficient (Wildman–Crippen LogP) is 2.42. The van der Waals surface area contributed by atoms with Gasteiger partial charge in [0.2, 0.25) is 0 Å². The molecule has 0 radical (unpaired) electrons. The average molecular weight is 294 g/mol. The summed E-state index contributed by atoms with van der Waals surface area (Å²) in [6, 6.07) is 11.6. The standard InChI is InChI=1S/C17H14N2OS/c18-8-3-4-13-10-15(21-12-13)11-19-9-7-14-5-1-2-6-16(14)17(19)20/h1-2,5-7,9-10,12H,8,11,18H2. The highest BCUT2D eigenvalue weighted by Gasteiger charge is 2.04. The fourth-order valence-corrected chi connectivity index (χ4v) is 3.02. The van der Waals surface area contributed by atoms with Crippen LogP contribution in [0.4, 0.5) is 0 Å². The van der Waals surface area contributed by atoms with E-state index in [0.717, 1.165) is 21.2 Å². The predicted molar refractivity (Wildman–Crippen MR) is 87.6 cm³/mol. The molecule has 0 saturated carbocycles. The van der Waals surface area contributed by atoms with Gasteiger partial charge in [-0.05, 0) is 23.6 Å². The summed E-state index contributed by atoms with van der Waals surface area (Å²) < 4.78 is 1.73. The van der Waals surface area contributed by atoms with Crippen LogP contribution in [0.25, 0.3) is 10.8 Å². The Morgan fingerprint density at radius 3 is 2.95 bits per heavy atom. The van der Waals surface area contributed by atoms with Crippen LogP contribution >= 0.6 is 11.3 Å². The molecule has 3 aromatic rings. The van der Waals surface area contributed by atoms with Crippen LogP contribution in [0.15, 0.2) is 52.8 Å². The van der Waals surface area contributed by atoms with E-state index in [4.69, 9.17) is 5.73 Å². The van der Waals surface area contributed by atoms with E-state index in [9.17, 15) is 4.79 Å². The Labute approximate surface area is 126 Å². The molecule has 0 amide bonds. The van der Waals surface area contributed by atoms with Crippen molar-refractivity contribution >= 4 is 22.1 Å². The molecule has 3 nitrogen and oxygen atoms in total. The lowest BCUT2D eigenvalue weighted by molar-refractivity contribution is 0.779. The summed E-state index contributed by atoms with van der Waals surface area (Å²) in [7, 11) is 0. The molecule has 0 aliphatic carbocycles. The van der Waals surface area contributed by atoms with Gasteiger partial charge in [0.15, 0.2) is 0 Å².